The molecule has 0 amide bonds. The van der Waals surface area contributed by atoms with E-state index in [0.717, 1.165) is 16.4 Å². The average molecular weight is 372 g/mol. The molecular weight excluding hydrogens is 357 g/mol. The topological polar surface area (TPSA) is 63.7 Å². The molecule has 0 aliphatic carbocycles. The van der Waals surface area contributed by atoms with E-state index in [0.29, 0.717) is 0 Å². The Balaban J connectivity index is 2.42. The fourth-order valence-corrected chi connectivity index (χ4v) is 3.36. The number of nitrogens with zero attached hydrogens (tertiary/aromatic N) is 1. The minimum Gasteiger partial charge on any atom is -0.462 e. The van der Waals surface area contributed by atoms with Gasteiger partial charge >= 0.3 is 5.97 Å². The maximum Gasteiger partial charge on any atom is 0.339 e. The molecule has 0 bridgehead atoms. The third kappa shape index (κ3) is 3.68. The van der Waals surface area contributed by atoms with Gasteiger partial charge in [0, 0.05) is 7.05 Å². The van der Waals surface area contributed by atoms with Crippen LogP contribution < -0.4 is 4.31 Å². The number of carbonyl (C=O) groups excluding carboxylic acids is 1. The molecule has 0 aliphatic heterocycles. The highest BCUT2D eigenvalue weighted by Crippen LogP contribution is 2.27. The molecule has 0 N–H and O–H groups in total. The van der Waals surface area contributed by atoms with Gasteiger partial charge < -0.3 is 4.74 Å². The van der Waals surface area contributed by atoms with Gasteiger partial charge in [-0.2, -0.15) is 0 Å². The van der Waals surface area contributed by atoms with Crippen LogP contribution in [0.15, 0.2) is 47.4 Å². The molecule has 2 aromatic carbocycles. The van der Waals surface area contributed by atoms with Gasteiger partial charge in [-0.05, 0) is 49.4 Å². The van der Waals surface area contributed by atoms with Crippen molar-refractivity contribution in [2.24, 2.45) is 0 Å². The molecule has 5 nitrogen and oxygen atoms in total. The summed E-state index contributed by atoms with van der Waals surface area (Å²) in [5, 5.41) is 0.157. The van der Waals surface area contributed by atoms with Crippen molar-refractivity contribution >= 4 is 33.3 Å². The van der Waals surface area contributed by atoms with Crippen molar-refractivity contribution in [1.82, 2.24) is 0 Å². The summed E-state index contributed by atoms with van der Waals surface area (Å²) in [5.41, 5.74) is 0.295. The number of anilines is 1. The number of rotatable bonds is 5. The van der Waals surface area contributed by atoms with Gasteiger partial charge in [0.05, 0.1) is 27.8 Å². The number of ether oxygens (including phenoxy) is 1. The Morgan fingerprint density at radius 1 is 1.21 bits per heavy atom. The predicted octanol–water partition coefficient (Wildman–Crippen LogP) is 3.48. The van der Waals surface area contributed by atoms with Crippen LogP contribution in [0.5, 0.6) is 0 Å². The van der Waals surface area contributed by atoms with Crippen LogP contribution in [0.2, 0.25) is 5.02 Å². The lowest BCUT2D eigenvalue weighted by Gasteiger charge is -2.20. The zero-order valence-corrected chi connectivity index (χ0v) is 14.6. The van der Waals surface area contributed by atoms with Gasteiger partial charge in [0.2, 0.25) is 0 Å². The van der Waals surface area contributed by atoms with Crippen LogP contribution in [0, 0.1) is 5.82 Å². The second kappa shape index (κ2) is 7.19. The maximum atomic E-state index is 13.0. The van der Waals surface area contributed by atoms with Crippen LogP contribution in [0.3, 0.4) is 0 Å². The number of carbonyl (C=O) groups is 1. The molecule has 2 aromatic rings. The molecule has 24 heavy (non-hydrogen) atoms. The van der Waals surface area contributed by atoms with E-state index in [-0.39, 0.29) is 27.8 Å². The lowest BCUT2D eigenvalue weighted by Crippen LogP contribution is -2.26. The van der Waals surface area contributed by atoms with Gasteiger partial charge in [-0.25, -0.2) is 17.6 Å². The Hall–Kier alpha value is -2.12. The first-order valence-electron chi connectivity index (χ1n) is 6.98. The highest BCUT2D eigenvalue weighted by molar-refractivity contribution is 7.92. The van der Waals surface area contributed by atoms with Crippen molar-refractivity contribution in [3.05, 3.63) is 58.9 Å². The van der Waals surface area contributed by atoms with Gasteiger partial charge in [0.1, 0.15) is 5.82 Å². The molecule has 0 aromatic heterocycles. The fourth-order valence-electron chi connectivity index (χ4n) is 1.98. The molecule has 0 saturated carbocycles. The first kappa shape index (κ1) is 18.2. The molecule has 0 fully saturated rings. The van der Waals surface area contributed by atoms with E-state index in [1.165, 1.54) is 37.4 Å². The Morgan fingerprint density at radius 3 is 2.42 bits per heavy atom. The van der Waals surface area contributed by atoms with E-state index in [1.54, 1.807) is 6.92 Å². The Labute approximate surface area is 144 Å². The second-order valence-corrected chi connectivity index (χ2v) is 7.19. The standard InChI is InChI=1S/C16H15ClFNO4S/c1-3-23-16(20)14-10-12(6-9-15(14)17)19(2)24(21,22)13-7-4-11(18)5-8-13/h4-10H,3H2,1-2H3. The number of hydrogen-bond acceptors (Lipinski definition) is 4. The van der Waals surface area contributed by atoms with Gasteiger partial charge in [-0.3, -0.25) is 4.31 Å². The number of esters is 1. The van der Waals surface area contributed by atoms with E-state index in [4.69, 9.17) is 16.3 Å². The number of halogens is 2. The normalized spacial score (nSPS) is 11.2. The first-order chi connectivity index (χ1) is 11.3. The summed E-state index contributed by atoms with van der Waals surface area (Å²) in [6.45, 7) is 1.82. The molecule has 2 rings (SSSR count). The van der Waals surface area contributed by atoms with Gasteiger partial charge in [-0.15, -0.1) is 0 Å². The molecular formula is C16H15ClFNO4S. The lowest BCUT2D eigenvalue weighted by molar-refractivity contribution is 0.0526. The van der Waals surface area contributed by atoms with Crippen molar-refractivity contribution < 1.29 is 22.3 Å². The number of benzene rings is 2. The molecule has 0 unspecified atom stereocenters. The minimum absolute atomic E-state index is 0.0668. The molecule has 0 spiro atoms. The van der Waals surface area contributed by atoms with E-state index in [2.05, 4.69) is 0 Å². The molecule has 128 valence electrons. The molecule has 0 aliphatic rings. The fraction of sp³-hybridized carbons (Fsp3) is 0.188. The minimum atomic E-state index is -3.90. The molecule has 0 atom stereocenters. The third-order valence-corrected chi connectivity index (χ3v) is 5.41. The summed E-state index contributed by atoms with van der Waals surface area (Å²) in [5.74, 6) is -1.18. The van der Waals surface area contributed by atoms with E-state index in [9.17, 15) is 17.6 Å². The highest BCUT2D eigenvalue weighted by atomic mass is 35.5. The van der Waals surface area contributed by atoms with Crippen molar-refractivity contribution in [3.63, 3.8) is 0 Å². The summed E-state index contributed by atoms with van der Waals surface area (Å²) >= 11 is 5.97. The lowest BCUT2D eigenvalue weighted by atomic mass is 10.2. The van der Waals surface area contributed by atoms with Crippen molar-refractivity contribution in [1.29, 1.82) is 0 Å². The van der Waals surface area contributed by atoms with Crippen LogP contribution in [0.1, 0.15) is 17.3 Å². The highest BCUT2D eigenvalue weighted by Gasteiger charge is 2.23. The van der Waals surface area contributed by atoms with Crippen molar-refractivity contribution in [3.8, 4) is 0 Å². The molecule has 0 heterocycles. The SMILES string of the molecule is CCOC(=O)c1cc(N(C)S(=O)(=O)c2ccc(F)cc2)ccc1Cl. The van der Waals surface area contributed by atoms with E-state index in [1.807, 2.05) is 0 Å². The first-order valence-corrected chi connectivity index (χ1v) is 8.80. The van der Waals surface area contributed by atoms with Crippen molar-refractivity contribution in [2.75, 3.05) is 18.0 Å². The average Bonchev–Trinajstić information content (AvgIpc) is 2.55. The molecule has 8 heteroatoms. The largest absolute Gasteiger partial charge is 0.462 e. The molecule has 0 radical (unpaired) electrons. The number of sulfonamides is 1. The zero-order valence-electron chi connectivity index (χ0n) is 13.0. The Kier molecular flexibility index (Phi) is 5.46. The quantitative estimate of drug-likeness (QED) is 0.755. The van der Waals surface area contributed by atoms with E-state index >= 15 is 0 Å². The monoisotopic (exact) mass is 371 g/mol. The zero-order chi connectivity index (χ0) is 17.9. The Morgan fingerprint density at radius 2 is 1.83 bits per heavy atom. The van der Waals surface area contributed by atoms with Gasteiger partial charge in [-0.1, -0.05) is 11.6 Å². The van der Waals surface area contributed by atoms with Crippen LogP contribution >= 0.6 is 11.6 Å². The van der Waals surface area contributed by atoms with Crippen LogP contribution in [-0.2, 0) is 14.8 Å². The Bertz CT molecular complexity index is 853. The van der Waals surface area contributed by atoms with Crippen molar-refractivity contribution in [2.45, 2.75) is 11.8 Å². The smallest absolute Gasteiger partial charge is 0.339 e. The number of hydrogen-bond donors (Lipinski definition) is 0. The van der Waals surface area contributed by atoms with Crippen LogP contribution in [0.4, 0.5) is 10.1 Å². The van der Waals surface area contributed by atoms with Crippen LogP contribution in [0.25, 0.3) is 0 Å². The van der Waals surface area contributed by atoms with Crippen LogP contribution in [-0.4, -0.2) is 28.0 Å². The van der Waals surface area contributed by atoms with E-state index < -0.39 is 21.8 Å². The predicted molar refractivity (Wildman–Crippen MR) is 89.4 cm³/mol. The van der Waals surface area contributed by atoms with Gasteiger partial charge in [0.15, 0.2) is 0 Å². The third-order valence-electron chi connectivity index (χ3n) is 3.28. The molecule has 0 saturated heterocycles. The van der Waals surface area contributed by atoms with Gasteiger partial charge in [0.25, 0.3) is 10.0 Å². The maximum absolute atomic E-state index is 13.0. The second-order valence-electron chi connectivity index (χ2n) is 4.81. The summed E-state index contributed by atoms with van der Waals surface area (Å²) in [7, 11) is -2.57. The summed E-state index contributed by atoms with van der Waals surface area (Å²) < 4.78 is 44.0. The summed E-state index contributed by atoms with van der Waals surface area (Å²) in [6, 6.07) is 8.68. The summed E-state index contributed by atoms with van der Waals surface area (Å²) in [6.07, 6.45) is 0. The summed E-state index contributed by atoms with van der Waals surface area (Å²) in [4.78, 5) is 11.8.